The third kappa shape index (κ3) is 5.76. The van der Waals surface area contributed by atoms with Crippen LogP contribution in [-0.4, -0.2) is 41.3 Å². The second-order valence-corrected chi connectivity index (χ2v) is 10.5. The van der Waals surface area contributed by atoms with E-state index in [2.05, 4.69) is 0 Å². The number of hydrogen-bond donors (Lipinski definition) is 0. The minimum Gasteiger partial charge on any atom is -0.491 e. The molecule has 2 aromatic heterocycles. The number of aryl methyl sites for hydroxylation is 1. The Morgan fingerprint density at radius 1 is 1.18 bits per heavy atom. The van der Waals surface area contributed by atoms with Crippen molar-refractivity contribution in [1.29, 1.82) is 0 Å². The SMILES string of the molecule is Cc1cc(OC[C@H]2c3ccsc3CCN2C(=O)CN(Cc2ccco2)C(=O)c2cccc(F)c2)ccc1Cl. The molecule has 0 N–H and O–H groups in total. The van der Waals surface area contributed by atoms with Gasteiger partial charge in [0.25, 0.3) is 5.91 Å². The minimum atomic E-state index is -0.518. The summed E-state index contributed by atoms with van der Waals surface area (Å²) < 4.78 is 25.4. The second-order valence-electron chi connectivity index (χ2n) is 9.12. The lowest BCUT2D eigenvalue weighted by molar-refractivity contribution is -0.135. The number of carbonyl (C=O) groups is 2. The van der Waals surface area contributed by atoms with E-state index in [0.717, 1.165) is 17.5 Å². The van der Waals surface area contributed by atoms with E-state index in [9.17, 15) is 14.0 Å². The molecule has 5 rings (SSSR count). The number of fused-ring (bicyclic) bond motifs is 1. The third-order valence-electron chi connectivity index (χ3n) is 6.56. The van der Waals surface area contributed by atoms with Gasteiger partial charge in [0.05, 0.1) is 18.8 Å². The van der Waals surface area contributed by atoms with Gasteiger partial charge < -0.3 is 19.0 Å². The highest BCUT2D eigenvalue weighted by molar-refractivity contribution is 7.10. The van der Waals surface area contributed by atoms with Crippen molar-refractivity contribution < 1.29 is 23.1 Å². The fraction of sp³-hybridized carbons (Fsp3) is 0.241. The first-order valence-corrected chi connectivity index (χ1v) is 13.5. The number of carbonyl (C=O) groups excluding carboxylic acids is 2. The highest BCUT2D eigenvalue weighted by atomic mass is 35.5. The van der Waals surface area contributed by atoms with E-state index < -0.39 is 11.7 Å². The fourth-order valence-electron chi connectivity index (χ4n) is 4.61. The van der Waals surface area contributed by atoms with E-state index in [1.54, 1.807) is 34.4 Å². The molecule has 3 heterocycles. The van der Waals surface area contributed by atoms with Gasteiger partial charge in [0.15, 0.2) is 0 Å². The normalized spacial score (nSPS) is 14.7. The Kier molecular flexibility index (Phi) is 7.81. The van der Waals surface area contributed by atoms with Crippen LogP contribution < -0.4 is 4.74 Å². The fourth-order valence-corrected chi connectivity index (χ4v) is 5.65. The maximum atomic E-state index is 13.9. The molecule has 0 saturated heterocycles. The number of thiophene rings is 1. The topological polar surface area (TPSA) is 63.0 Å². The number of benzene rings is 2. The van der Waals surface area contributed by atoms with Crippen molar-refractivity contribution in [3.05, 3.63) is 110 Å². The molecular weight excluding hydrogens is 527 g/mol. The zero-order valence-corrected chi connectivity index (χ0v) is 22.3. The van der Waals surface area contributed by atoms with Crippen LogP contribution >= 0.6 is 22.9 Å². The average Bonchev–Trinajstić information content (AvgIpc) is 3.60. The standard InChI is InChI=1S/C29H26ClFN2O4S/c1-19-14-22(7-8-25(19)30)37-18-26-24-10-13-38-27(24)9-11-33(26)28(34)17-32(16-23-6-3-12-36-23)29(35)20-4-2-5-21(31)15-20/h2-8,10,12-15,26H,9,11,16-18H2,1H3/t26-/m0/s1. The lowest BCUT2D eigenvalue weighted by atomic mass is 10.00. The average molecular weight is 553 g/mol. The second kappa shape index (κ2) is 11.4. The Balaban J connectivity index is 1.37. The summed E-state index contributed by atoms with van der Waals surface area (Å²) in [5, 5.41) is 2.68. The molecule has 0 spiro atoms. The summed E-state index contributed by atoms with van der Waals surface area (Å²) >= 11 is 7.82. The molecule has 4 aromatic rings. The van der Waals surface area contributed by atoms with E-state index in [0.29, 0.717) is 23.1 Å². The number of halogens is 2. The molecule has 0 radical (unpaired) electrons. The van der Waals surface area contributed by atoms with Crippen LogP contribution in [0.25, 0.3) is 0 Å². The van der Waals surface area contributed by atoms with Crippen LogP contribution in [0.1, 0.15) is 38.2 Å². The maximum Gasteiger partial charge on any atom is 0.254 e. The molecule has 0 unspecified atom stereocenters. The van der Waals surface area contributed by atoms with Gasteiger partial charge in [0.2, 0.25) is 5.91 Å². The Labute approximate surface area is 229 Å². The molecule has 38 heavy (non-hydrogen) atoms. The lowest BCUT2D eigenvalue weighted by Crippen LogP contribution is -2.47. The molecule has 6 nitrogen and oxygen atoms in total. The monoisotopic (exact) mass is 552 g/mol. The lowest BCUT2D eigenvalue weighted by Gasteiger charge is -2.37. The third-order valence-corrected chi connectivity index (χ3v) is 7.98. The molecule has 2 aromatic carbocycles. The predicted octanol–water partition coefficient (Wildman–Crippen LogP) is 6.29. The van der Waals surface area contributed by atoms with Crippen molar-refractivity contribution in [3.8, 4) is 5.75 Å². The molecule has 1 aliphatic heterocycles. The van der Waals surface area contributed by atoms with Crippen molar-refractivity contribution >= 4 is 34.8 Å². The molecule has 1 aliphatic rings. The van der Waals surface area contributed by atoms with Gasteiger partial charge >= 0.3 is 0 Å². The van der Waals surface area contributed by atoms with E-state index in [1.165, 1.54) is 40.3 Å². The maximum absolute atomic E-state index is 13.9. The summed E-state index contributed by atoms with van der Waals surface area (Å²) in [6.45, 7) is 2.56. The number of hydrogen-bond acceptors (Lipinski definition) is 5. The van der Waals surface area contributed by atoms with Crippen LogP contribution in [0, 0.1) is 12.7 Å². The Morgan fingerprint density at radius 2 is 2.05 bits per heavy atom. The zero-order chi connectivity index (χ0) is 26.6. The molecule has 0 fully saturated rings. The van der Waals surface area contributed by atoms with E-state index in [1.807, 2.05) is 30.5 Å². The smallest absolute Gasteiger partial charge is 0.254 e. The van der Waals surface area contributed by atoms with Crippen LogP contribution in [-0.2, 0) is 17.8 Å². The summed E-state index contributed by atoms with van der Waals surface area (Å²) in [5.74, 6) is 0.00319. The van der Waals surface area contributed by atoms with Crippen LogP contribution in [0.4, 0.5) is 4.39 Å². The quantitative estimate of drug-likeness (QED) is 0.258. The number of amides is 2. The Hall–Kier alpha value is -3.62. The highest BCUT2D eigenvalue weighted by Gasteiger charge is 2.34. The van der Waals surface area contributed by atoms with E-state index in [-0.39, 0.29) is 37.2 Å². The molecule has 196 valence electrons. The molecule has 2 amide bonds. The molecule has 9 heteroatoms. The van der Waals surface area contributed by atoms with Gasteiger partial charge in [-0.15, -0.1) is 11.3 Å². The van der Waals surface area contributed by atoms with Crippen LogP contribution in [0.3, 0.4) is 0 Å². The van der Waals surface area contributed by atoms with Gasteiger partial charge in [-0.25, -0.2) is 4.39 Å². The number of nitrogens with zero attached hydrogens (tertiary/aromatic N) is 2. The van der Waals surface area contributed by atoms with Gasteiger partial charge in [0.1, 0.15) is 30.5 Å². The Bertz CT molecular complexity index is 1440. The van der Waals surface area contributed by atoms with Gasteiger partial charge in [-0.3, -0.25) is 9.59 Å². The van der Waals surface area contributed by atoms with Gasteiger partial charge in [-0.05, 0) is 84.4 Å². The van der Waals surface area contributed by atoms with E-state index >= 15 is 0 Å². The Morgan fingerprint density at radius 3 is 2.82 bits per heavy atom. The summed E-state index contributed by atoms with van der Waals surface area (Å²) in [7, 11) is 0. The first-order valence-electron chi connectivity index (χ1n) is 12.2. The molecular formula is C29H26ClFN2O4S. The van der Waals surface area contributed by atoms with Crippen molar-refractivity contribution in [2.75, 3.05) is 19.7 Å². The molecule has 0 aliphatic carbocycles. The molecule has 0 saturated carbocycles. The van der Waals surface area contributed by atoms with Gasteiger partial charge in [0, 0.05) is 22.0 Å². The van der Waals surface area contributed by atoms with Crippen molar-refractivity contribution in [1.82, 2.24) is 9.80 Å². The molecule has 1 atom stereocenters. The van der Waals surface area contributed by atoms with Crippen molar-refractivity contribution in [3.63, 3.8) is 0 Å². The first kappa shape index (κ1) is 26.0. The highest BCUT2D eigenvalue weighted by Crippen LogP contribution is 2.34. The first-order chi connectivity index (χ1) is 18.4. The van der Waals surface area contributed by atoms with Crippen LogP contribution in [0.2, 0.25) is 5.02 Å². The largest absolute Gasteiger partial charge is 0.491 e. The number of furan rings is 1. The van der Waals surface area contributed by atoms with Crippen LogP contribution in [0.5, 0.6) is 5.75 Å². The summed E-state index contributed by atoms with van der Waals surface area (Å²) in [4.78, 5) is 31.5. The summed E-state index contributed by atoms with van der Waals surface area (Å²) in [6.07, 6.45) is 2.24. The zero-order valence-electron chi connectivity index (χ0n) is 20.7. The summed E-state index contributed by atoms with van der Waals surface area (Å²) in [5.41, 5.74) is 2.12. The predicted molar refractivity (Wildman–Crippen MR) is 144 cm³/mol. The van der Waals surface area contributed by atoms with Crippen molar-refractivity contribution in [2.45, 2.75) is 25.9 Å². The summed E-state index contributed by atoms with van der Waals surface area (Å²) in [6, 6.07) is 16.1. The van der Waals surface area contributed by atoms with Crippen molar-refractivity contribution in [2.24, 2.45) is 0 Å². The van der Waals surface area contributed by atoms with E-state index in [4.69, 9.17) is 20.8 Å². The van der Waals surface area contributed by atoms with Gasteiger partial charge in [-0.1, -0.05) is 17.7 Å². The molecule has 0 bridgehead atoms. The number of ether oxygens (including phenoxy) is 1. The number of rotatable bonds is 8. The van der Waals surface area contributed by atoms with Crippen LogP contribution in [0.15, 0.2) is 76.7 Å². The van der Waals surface area contributed by atoms with Gasteiger partial charge in [-0.2, -0.15) is 0 Å². The minimum absolute atomic E-state index is 0.0802.